The van der Waals surface area contributed by atoms with Crippen molar-refractivity contribution in [2.45, 2.75) is 45.7 Å². The second-order valence-corrected chi connectivity index (χ2v) is 5.70. The minimum Gasteiger partial charge on any atom is -0.335 e. The summed E-state index contributed by atoms with van der Waals surface area (Å²) in [7, 11) is 0. The molecule has 0 unspecified atom stereocenters. The van der Waals surface area contributed by atoms with E-state index in [-0.39, 0.29) is 5.91 Å². The van der Waals surface area contributed by atoms with E-state index in [0.717, 1.165) is 35.4 Å². The zero-order valence-corrected chi connectivity index (χ0v) is 12.5. The molecular formula is C16H20N4O. The highest BCUT2D eigenvalue weighted by Gasteiger charge is 2.32. The van der Waals surface area contributed by atoms with Gasteiger partial charge in [0, 0.05) is 36.2 Å². The molecule has 1 saturated carbocycles. The molecular weight excluding hydrogens is 264 g/mol. The Kier molecular flexibility index (Phi) is 3.73. The van der Waals surface area contributed by atoms with Gasteiger partial charge in [0.05, 0.1) is 12.1 Å². The highest BCUT2D eigenvalue weighted by molar-refractivity contribution is 5.80. The first kappa shape index (κ1) is 13.8. The van der Waals surface area contributed by atoms with Gasteiger partial charge in [0.2, 0.25) is 5.91 Å². The van der Waals surface area contributed by atoms with Crippen LogP contribution in [-0.2, 0) is 17.8 Å². The molecule has 110 valence electrons. The lowest BCUT2D eigenvalue weighted by Gasteiger charge is -2.22. The van der Waals surface area contributed by atoms with Gasteiger partial charge in [-0.25, -0.2) is 0 Å². The molecule has 21 heavy (non-hydrogen) atoms. The zero-order valence-electron chi connectivity index (χ0n) is 12.5. The lowest BCUT2D eigenvalue weighted by atomic mass is 10.1. The van der Waals surface area contributed by atoms with Crippen LogP contribution >= 0.6 is 0 Å². The fraction of sp³-hybridized carbons (Fsp3) is 0.438. The lowest BCUT2D eigenvalue weighted by Crippen LogP contribution is -2.34. The van der Waals surface area contributed by atoms with Crippen LogP contribution < -0.4 is 0 Å². The van der Waals surface area contributed by atoms with Crippen LogP contribution in [0.3, 0.4) is 0 Å². The lowest BCUT2D eigenvalue weighted by molar-refractivity contribution is -0.131. The SMILES string of the molecule is Cc1n[nH]c(C)c1CC(=O)N(Cc1ccncc1)C1CC1. The van der Waals surface area contributed by atoms with Gasteiger partial charge in [0.15, 0.2) is 0 Å². The van der Waals surface area contributed by atoms with E-state index < -0.39 is 0 Å². The van der Waals surface area contributed by atoms with Gasteiger partial charge < -0.3 is 4.90 Å². The van der Waals surface area contributed by atoms with Crippen LogP contribution in [0.5, 0.6) is 0 Å². The van der Waals surface area contributed by atoms with Crippen molar-refractivity contribution in [1.82, 2.24) is 20.1 Å². The number of amides is 1. The number of hydrogen-bond donors (Lipinski definition) is 1. The molecule has 1 amide bonds. The Bertz CT molecular complexity index is 611. The second kappa shape index (κ2) is 5.68. The number of carbonyl (C=O) groups excluding carboxylic acids is 1. The molecule has 1 fully saturated rings. The van der Waals surface area contributed by atoms with Crippen molar-refractivity contribution < 1.29 is 4.79 Å². The van der Waals surface area contributed by atoms with Crippen molar-refractivity contribution in [2.24, 2.45) is 0 Å². The number of nitrogens with zero attached hydrogens (tertiary/aromatic N) is 3. The Morgan fingerprint density at radius 2 is 2.05 bits per heavy atom. The average molecular weight is 284 g/mol. The summed E-state index contributed by atoms with van der Waals surface area (Å²) in [6, 6.07) is 4.34. The number of aromatic amines is 1. The summed E-state index contributed by atoms with van der Waals surface area (Å²) in [5.41, 5.74) is 4.06. The summed E-state index contributed by atoms with van der Waals surface area (Å²) in [5, 5.41) is 7.12. The summed E-state index contributed by atoms with van der Waals surface area (Å²) in [6.45, 7) is 4.57. The van der Waals surface area contributed by atoms with Gasteiger partial charge >= 0.3 is 0 Å². The quantitative estimate of drug-likeness (QED) is 0.915. The van der Waals surface area contributed by atoms with Gasteiger partial charge in [-0.15, -0.1) is 0 Å². The predicted molar refractivity (Wildman–Crippen MR) is 79.6 cm³/mol. The molecule has 0 saturated heterocycles. The number of aromatic nitrogens is 3. The molecule has 0 atom stereocenters. The number of hydrogen-bond acceptors (Lipinski definition) is 3. The fourth-order valence-corrected chi connectivity index (χ4v) is 2.58. The van der Waals surface area contributed by atoms with E-state index in [1.807, 2.05) is 30.9 Å². The zero-order chi connectivity index (χ0) is 14.8. The average Bonchev–Trinajstić information content (AvgIpc) is 3.28. The first-order valence-electron chi connectivity index (χ1n) is 7.34. The molecule has 2 heterocycles. The van der Waals surface area contributed by atoms with E-state index in [9.17, 15) is 4.79 Å². The van der Waals surface area contributed by atoms with E-state index in [2.05, 4.69) is 15.2 Å². The van der Waals surface area contributed by atoms with E-state index in [4.69, 9.17) is 0 Å². The first-order valence-corrected chi connectivity index (χ1v) is 7.34. The topological polar surface area (TPSA) is 61.9 Å². The molecule has 0 aromatic carbocycles. The summed E-state index contributed by atoms with van der Waals surface area (Å²) < 4.78 is 0. The number of carbonyl (C=O) groups is 1. The molecule has 0 radical (unpaired) electrons. The van der Waals surface area contributed by atoms with E-state index in [1.54, 1.807) is 12.4 Å². The molecule has 1 aliphatic carbocycles. The molecule has 3 rings (SSSR count). The van der Waals surface area contributed by atoms with Crippen LogP contribution in [0, 0.1) is 13.8 Å². The normalized spacial score (nSPS) is 14.2. The monoisotopic (exact) mass is 284 g/mol. The van der Waals surface area contributed by atoms with Crippen LogP contribution in [-0.4, -0.2) is 32.0 Å². The van der Waals surface area contributed by atoms with Crippen LogP contribution in [0.15, 0.2) is 24.5 Å². The van der Waals surface area contributed by atoms with Crippen molar-refractivity contribution in [3.63, 3.8) is 0 Å². The second-order valence-electron chi connectivity index (χ2n) is 5.70. The number of pyridine rings is 1. The van der Waals surface area contributed by atoms with Crippen LogP contribution in [0.4, 0.5) is 0 Å². The van der Waals surface area contributed by atoms with Crippen molar-refractivity contribution in [3.8, 4) is 0 Å². The Morgan fingerprint density at radius 3 is 2.62 bits per heavy atom. The van der Waals surface area contributed by atoms with Crippen molar-refractivity contribution >= 4 is 5.91 Å². The molecule has 2 aromatic heterocycles. The molecule has 0 spiro atoms. The number of nitrogens with one attached hydrogen (secondary N) is 1. The summed E-state index contributed by atoms with van der Waals surface area (Å²) in [5.74, 6) is 0.182. The minimum absolute atomic E-state index is 0.182. The molecule has 5 nitrogen and oxygen atoms in total. The van der Waals surface area contributed by atoms with Gasteiger partial charge in [-0.1, -0.05) is 0 Å². The Hall–Kier alpha value is -2.17. The Labute approximate surface area is 124 Å². The van der Waals surface area contributed by atoms with Gasteiger partial charge in [-0.3, -0.25) is 14.9 Å². The van der Waals surface area contributed by atoms with E-state index in [0.29, 0.717) is 19.0 Å². The van der Waals surface area contributed by atoms with E-state index >= 15 is 0 Å². The highest BCUT2D eigenvalue weighted by atomic mass is 16.2. The van der Waals surface area contributed by atoms with Crippen LogP contribution in [0.25, 0.3) is 0 Å². The van der Waals surface area contributed by atoms with Gasteiger partial charge in [0.1, 0.15) is 0 Å². The van der Waals surface area contributed by atoms with Crippen LogP contribution in [0.1, 0.15) is 35.4 Å². The molecule has 0 aliphatic heterocycles. The van der Waals surface area contributed by atoms with Crippen molar-refractivity contribution in [3.05, 3.63) is 47.0 Å². The minimum atomic E-state index is 0.182. The Morgan fingerprint density at radius 1 is 1.33 bits per heavy atom. The number of aryl methyl sites for hydroxylation is 2. The van der Waals surface area contributed by atoms with Crippen molar-refractivity contribution in [1.29, 1.82) is 0 Å². The van der Waals surface area contributed by atoms with E-state index in [1.165, 1.54) is 0 Å². The van der Waals surface area contributed by atoms with Crippen LogP contribution in [0.2, 0.25) is 0 Å². The van der Waals surface area contributed by atoms with Gasteiger partial charge in [-0.05, 0) is 44.4 Å². The van der Waals surface area contributed by atoms with Gasteiger partial charge in [0.25, 0.3) is 0 Å². The summed E-state index contributed by atoms with van der Waals surface area (Å²) >= 11 is 0. The van der Waals surface area contributed by atoms with Crippen molar-refractivity contribution in [2.75, 3.05) is 0 Å². The molecule has 1 N–H and O–H groups in total. The summed E-state index contributed by atoms with van der Waals surface area (Å²) in [4.78, 5) is 18.7. The van der Waals surface area contributed by atoms with Gasteiger partial charge in [-0.2, -0.15) is 5.10 Å². The maximum absolute atomic E-state index is 12.7. The Balaban J connectivity index is 1.73. The fourth-order valence-electron chi connectivity index (χ4n) is 2.58. The maximum atomic E-state index is 12.7. The molecule has 5 heteroatoms. The summed E-state index contributed by atoms with van der Waals surface area (Å²) in [6.07, 6.45) is 6.20. The number of H-pyrrole nitrogens is 1. The third kappa shape index (κ3) is 3.12. The number of rotatable bonds is 5. The molecule has 2 aromatic rings. The third-order valence-corrected chi connectivity index (χ3v) is 4.02. The predicted octanol–water partition coefficient (Wildman–Crippen LogP) is 2.16. The standard InChI is InChI=1S/C16H20N4O/c1-11-15(12(2)19-18-11)9-16(21)20(14-3-4-14)10-13-5-7-17-8-6-13/h5-8,14H,3-4,9-10H2,1-2H3,(H,18,19). The molecule has 0 bridgehead atoms. The first-order chi connectivity index (χ1) is 10.1. The largest absolute Gasteiger partial charge is 0.335 e. The molecule has 1 aliphatic rings. The maximum Gasteiger partial charge on any atom is 0.227 e. The third-order valence-electron chi connectivity index (χ3n) is 4.02. The highest BCUT2D eigenvalue weighted by Crippen LogP contribution is 2.29. The smallest absolute Gasteiger partial charge is 0.227 e.